The van der Waals surface area contributed by atoms with E-state index in [9.17, 15) is 9.59 Å². The van der Waals surface area contributed by atoms with Crippen LogP contribution in [0.15, 0.2) is 36.7 Å². The number of carbonyl (C=O) groups is 2. The predicted octanol–water partition coefficient (Wildman–Crippen LogP) is 1.93. The van der Waals surface area contributed by atoms with Gasteiger partial charge in [0.2, 0.25) is 0 Å². The summed E-state index contributed by atoms with van der Waals surface area (Å²) in [7, 11) is 0. The van der Waals surface area contributed by atoms with Crippen molar-refractivity contribution in [2.24, 2.45) is 0 Å². The number of aromatic nitrogens is 2. The van der Waals surface area contributed by atoms with E-state index in [1.165, 1.54) is 4.90 Å². The zero-order valence-corrected chi connectivity index (χ0v) is 13.1. The van der Waals surface area contributed by atoms with Crippen LogP contribution in [0.25, 0.3) is 0 Å². The van der Waals surface area contributed by atoms with Crippen LogP contribution in [0.4, 0.5) is 4.79 Å². The lowest BCUT2D eigenvalue weighted by atomic mass is 9.92. The molecule has 1 spiro atoms. The van der Waals surface area contributed by atoms with E-state index in [-0.39, 0.29) is 11.9 Å². The lowest BCUT2D eigenvalue weighted by Crippen LogP contribution is -2.42. The molecule has 2 aromatic rings. The fraction of sp³-hybridized carbons (Fsp3) is 0.312. The van der Waals surface area contributed by atoms with Gasteiger partial charge in [-0.3, -0.25) is 14.4 Å². The highest BCUT2D eigenvalue weighted by Crippen LogP contribution is 2.42. The molecule has 1 saturated heterocycles. The largest absolute Gasteiger partial charge is 0.325 e. The van der Waals surface area contributed by atoms with Gasteiger partial charge in [-0.25, -0.2) is 4.79 Å². The highest BCUT2D eigenvalue weighted by molar-refractivity contribution is 6.30. The number of urea groups is 1. The van der Waals surface area contributed by atoms with E-state index in [1.54, 1.807) is 23.1 Å². The molecule has 1 aliphatic carbocycles. The summed E-state index contributed by atoms with van der Waals surface area (Å²) in [5.41, 5.74) is 0.961. The van der Waals surface area contributed by atoms with Crippen LogP contribution in [0.3, 0.4) is 0 Å². The normalized spacial score (nSPS) is 22.7. The van der Waals surface area contributed by atoms with Gasteiger partial charge in [-0.2, -0.15) is 5.10 Å². The second kappa shape index (κ2) is 5.09. The topological polar surface area (TPSA) is 67.2 Å². The van der Waals surface area contributed by atoms with Crippen LogP contribution in [-0.2, 0) is 23.3 Å². The molecule has 23 heavy (non-hydrogen) atoms. The maximum Gasteiger partial charge on any atom is 0.325 e. The molecule has 0 saturated carbocycles. The quantitative estimate of drug-likeness (QED) is 0.874. The number of halogens is 1. The Hall–Kier alpha value is -2.34. The van der Waals surface area contributed by atoms with E-state index < -0.39 is 5.54 Å². The van der Waals surface area contributed by atoms with Crippen molar-refractivity contribution in [3.05, 3.63) is 52.8 Å². The highest BCUT2D eigenvalue weighted by Gasteiger charge is 2.55. The van der Waals surface area contributed by atoms with Crippen LogP contribution in [0.2, 0.25) is 5.02 Å². The summed E-state index contributed by atoms with van der Waals surface area (Å²) in [6.07, 6.45) is 4.78. The van der Waals surface area contributed by atoms with Crippen molar-refractivity contribution in [3.8, 4) is 0 Å². The van der Waals surface area contributed by atoms with Crippen LogP contribution < -0.4 is 5.32 Å². The second-order valence-electron chi connectivity index (χ2n) is 5.86. The standard InChI is InChI=1S/C16H15ClN4O2/c17-12-2-3-13-11(10-12)4-5-16(13)14(22)21(15(23)19-16)9-8-20-7-1-6-18-20/h1-3,6-7,10H,4-5,8-9H2,(H,19,23)/t16-/m0/s1. The van der Waals surface area contributed by atoms with Crippen LogP contribution in [0.1, 0.15) is 17.5 Å². The van der Waals surface area contributed by atoms with Gasteiger partial charge in [0.1, 0.15) is 5.54 Å². The number of amides is 3. The Labute approximate surface area is 138 Å². The Balaban J connectivity index is 1.61. The van der Waals surface area contributed by atoms with E-state index in [4.69, 9.17) is 11.6 Å². The lowest BCUT2D eigenvalue weighted by molar-refractivity contribution is -0.131. The Morgan fingerprint density at radius 2 is 2.17 bits per heavy atom. The molecule has 0 radical (unpaired) electrons. The van der Waals surface area contributed by atoms with Crippen molar-refractivity contribution >= 4 is 23.5 Å². The molecule has 0 bridgehead atoms. The van der Waals surface area contributed by atoms with Crippen molar-refractivity contribution in [1.82, 2.24) is 20.0 Å². The number of carbonyl (C=O) groups excluding carboxylic acids is 2. The molecule has 1 aromatic carbocycles. The van der Waals surface area contributed by atoms with Gasteiger partial charge in [0.15, 0.2) is 0 Å². The van der Waals surface area contributed by atoms with Gasteiger partial charge in [-0.1, -0.05) is 17.7 Å². The molecule has 3 amide bonds. The third-order valence-corrected chi connectivity index (χ3v) is 4.82. The molecular weight excluding hydrogens is 316 g/mol. The maximum absolute atomic E-state index is 12.9. The van der Waals surface area contributed by atoms with Gasteiger partial charge in [0.25, 0.3) is 5.91 Å². The molecule has 6 nitrogen and oxygen atoms in total. The molecule has 2 heterocycles. The smallest absolute Gasteiger partial charge is 0.319 e. The minimum atomic E-state index is -0.929. The summed E-state index contributed by atoms with van der Waals surface area (Å²) in [5, 5.41) is 7.64. The van der Waals surface area contributed by atoms with E-state index in [0.29, 0.717) is 24.5 Å². The molecule has 1 atom stereocenters. The average Bonchev–Trinajstić information content (AvgIpc) is 3.20. The lowest BCUT2D eigenvalue weighted by Gasteiger charge is -2.22. The number of rotatable bonds is 3. The number of benzene rings is 1. The third-order valence-electron chi connectivity index (χ3n) is 4.58. The molecule has 1 N–H and O–H groups in total. The van der Waals surface area contributed by atoms with Crippen LogP contribution in [0, 0.1) is 0 Å². The molecule has 0 unspecified atom stereocenters. The zero-order valence-electron chi connectivity index (χ0n) is 12.3. The van der Waals surface area contributed by atoms with Gasteiger partial charge >= 0.3 is 6.03 Å². The number of imide groups is 1. The minimum Gasteiger partial charge on any atom is -0.319 e. The monoisotopic (exact) mass is 330 g/mol. The maximum atomic E-state index is 12.9. The summed E-state index contributed by atoms with van der Waals surface area (Å²) in [5.74, 6) is -0.185. The first kappa shape index (κ1) is 14.3. The van der Waals surface area contributed by atoms with Crippen LogP contribution in [0.5, 0.6) is 0 Å². The Kier molecular flexibility index (Phi) is 3.16. The van der Waals surface area contributed by atoms with Gasteiger partial charge in [-0.05, 0) is 42.2 Å². The van der Waals surface area contributed by atoms with Gasteiger partial charge < -0.3 is 5.32 Å². The molecule has 118 valence electrons. The first-order valence-electron chi connectivity index (χ1n) is 7.51. The summed E-state index contributed by atoms with van der Waals surface area (Å²) >= 11 is 6.03. The van der Waals surface area contributed by atoms with E-state index in [1.807, 2.05) is 18.2 Å². The first-order valence-corrected chi connectivity index (χ1v) is 7.88. The van der Waals surface area contributed by atoms with Crippen molar-refractivity contribution < 1.29 is 9.59 Å². The van der Waals surface area contributed by atoms with Crippen molar-refractivity contribution in [1.29, 1.82) is 0 Å². The molecule has 1 aromatic heterocycles. The van der Waals surface area contributed by atoms with E-state index >= 15 is 0 Å². The highest BCUT2D eigenvalue weighted by atomic mass is 35.5. The predicted molar refractivity (Wildman–Crippen MR) is 83.9 cm³/mol. The Morgan fingerprint density at radius 1 is 1.30 bits per heavy atom. The number of aryl methyl sites for hydroxylation is 1. The second-order valence-corrected chi connectivity index (χ2v) is 6.30. The molecule has 2 aliphatic rings. The summed E-state index contributed by atoms with van der Waals surface area (Å²) in [6, 6.07) is 6.95. The number of nitrogens with one attached hydrogen (secondary N) is 1. The minimum absolute atomic E-state index is 0.185. The number of hydrogen-bond donors (Lipinski definition) is 1. The van der Waals surface area contributed by atoms with Gasteiger partial charge in [-0.15, -0.1) is 0 Å². The van der Waals surface area contributed by atoms with E-state index in [2.05, 4.69) is 10.4 Å². The molecule has 4 rings (SSSR count). The Bertz CT molecular complexity index is 789. The third kappa shape index (κ3) is 2.13. The summed E-state index contributed by atoms with van der Waals surface area (Å²) in [6.45, 7) is 0.784. The fourth-order valence-electron chi connectivity index (χ4n) is 3.46. The SMILES string of the molecule is O=C1N[C@]2(CCc3cc(Cl)ccc32)C(=O)N1CCn1cccn1. The van der Waals surface area contributed by atoms with Crippen molar-refractivity contribution in [2.75, 3.05) is 6.54 Å². The molecule has 7 heteroatoms. The Morgan fingerprint density at radius 3 is 2.96 bits per heavy atom. The zero-order chi connectivity index (χ0) is 16.0. The van der Waals surface area contributed by atoms with Gasteiger partial charge in [0.05, 0.1) is 13.1 Å². The molecular formula is C16H15ClN4O2. The van der Waals surface area contributed by atoms with Gasteiger partial charge in [0, 0.05) is 17.4 Å². The van der Waals surface area contributed by atoms with Crippen LogP contribution in [-0.4, -0.2) is 33.2 Å². The molecule has 1 aliphatic heterocycles. The molecule has 1 fully saturated rings. The van der Waals surface area contributed by atoms with Crippen molar-refractivity contribution in [3.63, 3.8) is 0 Å². The van der Waals surface area contributed by atoms with Crippen LogP contribution >= 0.6 is 11.6 Å². The fourth-order valence-corrected chi connectivity index (χ4v) is 3.65. The first-order chi connectivity index (χ1) is 11.1. The number of nitrogens with zero attached hydrogens (tertiary/aromatic N) is 3. The number of fused-ring (bicyclic) bond motifs is 2. The average molecular weight is 331 g/mol. The van der Waals surface area contributed by atoms with E-state index in [0.717, 1.165) is 17.5 Å². The summed E-state index contributed by atoms with van der Waals surface area (Å²) < 4.78 is 1.70. The summed E-state index contributed by atoms with van der Waals surface area (Å²) in [4.78, 5) is 26.5. The number of hydrogen-bond acceptors (Lipinski definition) is 3. The van der Waals surface area contributed by atoms with Crippen molar-refractivity contribution in [2.45, 2.75) is 24.9 Å².